The lowest BCUT2D eigenvalue weighted by Crippen LogP contribution is -2.40. The number of hydrogen-bond donors (Lipinski definition) is 1. The van der Waals surface area contributed by atoms with Crippen LogP contribution in [0.25, 0.3) is 0 Å². The number of nitrogens with one attached hydrogen (secondary N) is 1. The van der Waals surface area contributed by atoms with E-state index in [0.717, 1.165) is 25.5 Å². The highest BCUT2D eigenvalue weighted by Crippen LogP contribution is 2.28. The van der Waals surface area contributed by atoms with Crippen LogP contribution in [-0.2, 0) is 14.8 Å². The second-order valence-electron chi connectivity index (χ2n) is 7.46. The van der Waals surface area contributed by atoms with Crippen molar-refractivity contribution in [1.82, 2.24) is 5.43 Å². The fourth-order valence-corrected chi connectivity index (χ4v) is 4.79. The number of furan rings is 1. The van der Waals surface area contributed by atoms with E-state index in [-0.39, 0.29) is 4.90 Å². The van der Waals surface area contributed by atoms with Crippen LogP contribution in [0.2, 0.25) is 0 Å². The lowest BCUT2D eigenvalue weighted by atomic mass is 10.1. The molecule has 3 aromatic rings. The number of amides is 1. The molecule has 0 radical (unpaired) electrons. The minimum absolute atomic E-state index is 0.108. The van der Waals surface area contributed by atoms with Crippen molar-refractivity contribution >= 4 is 43.8 Å². The molecule has 0 saturated heterocycles. The van der Waals surface area contributed by atoms with E-state index in [1.165, 1.54) is 18.3 Å². The van der Waals surface area contributed by atoms with Gasteiger partial charge in [-0.25, -0.2) is 13.8 Å². The third-order valence-corrected chi connectivity index (χ3v) is 7.35. The van der Waals surface area contributed by atoms with Crippen molar-refractivity contribution in [3.8, 4) is 0 Å². The van der Waals surface area contributed by atoms with Crippen LogP contribution in [0.3, 0.4) is 0 Å². The van der Waals surface area contributed by atoms with Crippen molar-refractivity contribution in [2.75, 3.05) is 10.8 Å². The van der Waals surface area contributed by atoms with Crippen LogP contribution >= 0.6 is 15.9 Å². The van der Waals surface area contributed by atoms with E-state index in [4.69, 9.17) is 4.42 Å². The molecule has 7 nitrogen and oxygen atoms in total. The molecule has 1 amide bonds. The smallest absolute Gasteiger partial charge is 0.264 e. The molecule has 0 bridgehead atoms. The van der Waals surface area contributed by atoms with Gasteiger partial charge in [0.05, 0.1) is 21.3 Å². The molecule has 0 unspecified atom stereocenters. The van der Waals surface area contributed by atoms with E-state index in [0.29, 0.717) is 17.2 Å². The van der Waals surface area contributed by atoms with Gasteiger partial charge in [0.2, 0.25) is 0 Å². The van der Waals surface area contributed by atoms with Gasteiger partial charge >= 0.3 is 0 Å². The number of benzene rings is 2. The topological polar surface area (TPSA) is 92.0 Å². The molecule has 0 fully saturated rings. The maximum atomic E-state index is 13.5. The lowest BCUT2D eigenvalue weighted by molar-refractivity contribution is -0.119. The van der Waals surface area contributed by atoms with Crippen molar-refractivity contribution in [1.29, 1.82) is 0 Å². The molecule has 2 aromatic carbocycles. The van der Waals surface area contributed by atoms with Gasteiger partial charge in [-0.3, -0.25) is 9.10 Å². The summed E-state index contributed by atoms with van der Waals surface area (Å²) in [6.07, 6.45) is 1.35. The van der Waals surface area contributed by atoms with Crippen molar-refractivity contribution in [2.45, 2.75) is 32.6 Å². The zero-order chi connectivity index (χ0) is 23.5. The molecule has 1 heterocycles. The first-order chi connectivity index (χ1) is 15.1. The fourth-order valence-electron chi connectivity index (χ4n) is 3.00. The highest BCUT2D eigenvalue weighted by Gasteiger charge is 2.28. The number of aryl methyl sites for hydroxylation is 4. The largest absolute Gasteiger partial charge is 0.459 e. The molecule has 168 valence electrons. The summed E-state index contributed by atoms with van der Waals surface area (Å²) in [4.78, 5) is 12.8. The molecular weight excluding hydrogens is 494 g/mol. The Morgan fingerprint density at radius 3 is 2.34 bits per heavy atom. The second-order valence-corrected chi connectivity index (χ2v) is 10.2. The van der Waals surface area contributed by atoms with Crippen LogP contribution in [0.4, 0.5) is 5.69 Å². The number of hydrazone groups is 1. The monoisotopic (exact) mass is 517 g/mol. The quantitative estimate of drug-likeness (QED) is 0.365. The third-order valence-electron chi connectivity index (χ3n) is 4.79. The first-order valence-corrected chi connectivity index (χ1v) is 12.1. The van der Waals surface area contributed by atoms with Gasteiger partial charge < -0.3 is 4.42 Å². The Bertz CT molecular complexity index is 1250. The Labute approximate surface area is 196 Å². The van der Waals surface area contributed by atoms with Crippen LogP contribution in [0.15, 0.2) is 67.4 Å². The van der Waals surface area contributed by atoms with Crippen molar-refractivity contribution < 1.29 is 17.6 Å². The first-order valence-electron chi connectivity index (χ1n) is 9.82. The molecule has 1 N–H and O–H groups in total. The third kappa shape index (κ3) is 5.46. The number of rotatable bonds is 7. The molecule has 0 saturated carbocycles. The summed E-state index contributed by atoms with van der Waals surface area (Å²) in [5.41, 5.74) is 5.37. The fraction of sp³-hybridized carbons (Fsp3) is 0.217. The summed E-state index contributed by atoms with van der Waals surface area (Å²) in [5, 5.41) is 3.89. The van der Waals surface area contributed by atoms with Gasteiger partial charge in [-0.1, -0.05) is 29.8 Å². The minimum atomic E-state index is -3.99. The Kier molecular flexibility index (Phi) is 7.20. The van der Waals surface area contributed by atoms with Gasteiger partial charge in [0.25, 0.3) is 15.9 Å². The summed E-state index contributed by atoms with van der Waals surface area (Å²) in [7, 11) is -3.99. The number of anilines is 1. The molecule has 0 atom stereocenters. The molecular formula is C23H24BrN3O4S. The van der Waals surface area contributed by atoms with E-state index in [2.05, 4.69) is 26.5 Å². The molecule has 0 spiro atoms. The number of carbonyl (C=O) groups excluding carboxylic acids is 1. The zero-order valence-electron chi connectivity index (χ0n) is 18.2. The van der Waals surface area contributed by atoms with Crippen molar-refractivity contribution in [3.63, 3.8) is 0 Å². The minimum Gasteiger partial charge on any atom is -0.459 e. The molecule has 0 aliphatic carbocycles. The van der Waals surface area contributed by atoms with Gasteiger partial charge in [-0.05, 0) is 73.0 Å². The highest BCUT2D eigenvalue weighted by atomic mass is 79.9. The molecule has 32 heavy (non-hydrogen) atoms. The normalized spacial score (nSPS) is 11.7. The first kappa shape index (κ1) is 23.7. The average Bonchev–Trinajstić information content (AvgIpc) is 3.05. The Morgan fingerprint density at radius 1 is 1.06 bits per heavy atom. The standard InChI is InChI=1S/C23H24BrN3O4S/c1-15-6-9-20(10-7-15)32(29,30)27(22-11-16(2)5-8-17(22)3)14-23(28)26-25-13-19-12-21(24)18(4)31-19/h5-13H,14H2,1-4H3,(H,26,28)/b25-13-. The summed E-state index contributed by atoms with van der Waals surface area (Å²) in [6, 6.07) is 13.7. The van der Waals surface area contributed by atoms with E-state index in [1.54, 1.807) is 38.1 Å². The predicted octanol–water partition coefficient (Wildman–Crippen LogP) is 4.62. The van der Waals surface area contributed by atoms with Gasteiger partial charge in [-0.15, -0.1) is 0 Å². The molecule has 9 heteroatoms. The SMILES string of the molecule is Cc1ccc(S(=O)(=O)N(CC(=O)N/N=C\c2cc(Br)c(C)o2)c2cc(C)ccc2C)cc1. The van der Waals surface area contributed by atoms with Crippen LogP contribution in [0.1, 0.15) is 28.2 Å². The second kappa shape index (κ2) is 9.70. The van der Waals surface area contributed by atoms with Crippen LogP contribution in [0, 0.1) is 27.7 Å². The number of sulfonamides is 1. The Balaban J connectivity index is 1.89. The van der Waals surface area contributed by atoms with Crippen LogP contribution < -0.4 is 9.73 Å². The predicted molar refractivity (Wildman–Crippen MR) is 129 cm³/mol. The molecule has 0 aliphatic rings. The van der Waals surface area contributed by atoms with E-state index >= 15 is 0 Å². The van der Waals surface area contributed by atoms with Gasteiger partial charge in [-0.2, -0.15) is 5.10 Å². The van der Waals surface area contributed by atoms with E-state index in [9.17, 15) is 13.2 Å². The summed E-state index contributed by atoms with van der Waals surface area (Å²) >= 11 is 3.34. The van der Waals surface area contributed by atoms with Crippen molar-refractivity contribution in [3.05, 3.63) is 81.2 Å². The molecule has 1 aromatic heterocycles. The Hall–Kier alpha value is -2.91. The van der Waals surface area contributed by atoms with Gasteiger partial charge in [0, 0.05) is 6.07 Å². The van der Waals surface area contributed by atoms with Crippen molar-refractivity contribution in [2.24, 2.45) is 5.10 Å². The highest BCUT2D eigenvalue weighted by molar-refractivity contribution is 9.10. The maximum Gasteiger partial charge on any atom is 0.264 e. The summed E-state index contributed by atoms with van der Waals surface area (Å²) < 4.78 is 34.3. The van der Waals surface area contributed by atoms with E-state index < -0.39 is 22.5 Å². The van der Waals surface area contributed by atoms with Gasteiger partial charge in [0.15, 0.2) is 0 Å². The van der Waals surface area contributed by atoms with Gasteiger partial charge in [0.1, 0.15) is 18.1 Å². The maximum absolute atomic E-state index is 13.5. The molecule has 3 rings (SSSR count). The number of carbonyl (C=O) groups is 1. The summed E-state index contributed by atoms with van der Waals surface area (Å²) in [5.74, 6) is 0.552. The van der Waals surface area contributed by atoms with Crippen LogP contribution in [0.5, 0.6) is 0 Å². The summed E-state index contributed by atoms with van der Waals surface area (Å²) in [6.45, 7) is 6.91. The Morgan fingerprint density at radius 2 is 1.72 bits per heavy atom. The zero-order valence-corrected chi connectivity index (χ0v) is 20.6. The number of halogens is 1. The molecule has 0 aliphatic heterocycles. The number of hydrogen-bond acceptors (Lipinski definition) is 5. The lowest BCUT2D eigenvalue weighted by Gasteiger charge is -2.25. The van der Waals surface area contributed by atoms with E-state index in [1.807, 2.05) is 26.0 Å². The number of nitrogens with zero attached hydrogens (tertiary/aromatic N) is 2. The van der Waals surface area contributed by atoms with Crippen LogP contribution in [-0.4, -0.2) is 27.1 Å². The average molecular weight is 518 g/mol.